The largest absolute Gasteiger partial charge is 0.490 e. The minimum Gasteiger partial charge on any atom is -0.490 e. The molecule has 0 unspecified atom stereocenters. The van der Waals surface area contributed by atoms with E-state index in [-0.39, 0.29) is 0 Å². The zero-order valence-corrected chi connectivity index (χ0v) is 7.63. The Morgan fingerprint density at radius 2 is 2.08 bits per heavy atom. The Labute approximate surface area is 73.7 Å². The van der Waals surface area contributed by atoms with E-state index < -0.39 is 0 Å². The summed E-state index contributed by atoms with van der Waals surface area (Å²) in [6.07, 6.45) is 1.75. The maximum atomic E-state index is 5.37. The fraction of sp³-hybridized carbons (Fsp3) is 0.273. The Morgan fingerprint density at radius 3 is 2.67 bits per heavy atom. The number of hydrogen-bond acceptors (Lipinski definition) is 1. The Balaban J connectivity index is 2.75. The SMILES string of the molecule is C=CCOc1ccc(C)c(C)c1. The zero-order valence-electron chi connectivity index (χ0n) is 7.63. The van der Waals surface area contributed by atoms with Crippen molar-refractivity contribution in [3.05, 3.63) is 42.0 Å². The zero-order chi connectivity index (χ0) is 8.97. The molecule has 0 saturated heterocycles. The molecule has 0 aliphatic heterocycles. The Bertz CT molecular complexity index is 276. The normalized spacial score (nSPS) is 9.50. The van der Waals surface area contributed by atoms with Gasteiger partial charge in [0.15, 0.2) is 0 Å². The molecule has 0 aromatic heterocycles. The molecule has 0 spiro atoms. The molecule has 0 bridgehead atoms. The predicted octanol–water partition coefficient (Wildman–Crippen LogP) is 2.87. The van der Waals surface area contributed by atoms with Gasteiger partial charge in [-0.15, -0.1) is 0 Å². The number of hydrogen-bond donors (Lipinski definition) is 0. The van der Waals surface area contributed by atoms with Crippen LogP contribution in [0, 0.1) is 13.8 Å². The van der Waals surface area contributed by atoms with Crippen molar-refractivity contribution in [2.24, 2.45) is 0 Å². The van der Waals surface area contributed by atoms with Gasteiger partial charge in [0.2, 0.25) is 0 Å². The highest BCUT2D eigenvalue weighted by Crippen LogP contribution is 2.15. The first-order chi connectivity index (χ1) is 5.74. The van der Waals surface area contributed by atoms with Gasteiger partial charge in [-0.3, -0.25) is 0 Å². The molecule has 1 heteroatoms. The summed E-state index contributed by atoms with van der Waals surface area (Å²) in [5, 5.41) is 0. The molecule has 0 aliphatic carbocycles. The second kappa shape index (κ2) is 3.96. The number of aryl methyl sites for hydroxylation is 2. The van der Waals surface area contributed by atoms with Crippen molar-refractivity contribution in [2.75, 3.05) is 6.61 Å². The summed E-state index contributed by atoms with van der Waals surface area (Å²) in [5.41, 5.74) is 2.55. The highest BCUT2D eigenvalue weighted by atomic mass is 16.5. The standard InChI is InChI=1S/C11H14O/c1-4-7-12-11-6-5-9(2)10(3)8-11/h4-6,8H,1,7H2,2-3H3. The molecule has 1 rings (SSSR count). The van der Waals surface area contributed by atoms with E-state index in [4.69, 9.17) is 4.74 Å². The van der Waals surface area contributed by atoms with Crippen LogP contribution in [0.2, 0.25) is 0 Å². The van der Waals surface area contributed by atoms with Crippen LogP contribution < -0.4 is 4.74 Å². The fourth-order valence-corrected chi connectivity index (χ4v) is 0.959. The lowest BCUT2D eigenvalue weighted by Crippen LogP contribution is -1.93. The first kappa shape index (κ1) is 8.85. The van der Waals surface area contributed by atoms with Gasteiger partial charge in [-0.1, -0.05) is 18.7 Å². The van der Waals surface area contributed by atoms with Crippen LogP contribution in [-0.4, -0.2) is 6.61 Å². The molecule has 0 radical (unpaired) electrons. The molecule has 0 fully saturated rings. The number of benzene rings is 1. The van der Waals surface area contributed by atoms with E-state index in [1.807, 2.05) is 12.1 Å². The van der Waals surface area contributed by atoms with E-state index in [9.17, 15) is 0 Å². The lowest BCUT2D eigenvalue weighted by Gasteiger charge is -2.05. The quantitative estimate of drug-likeness (QED) is 0.621. The van der Waals surface area contributed by atoms with Crippen molar-refractivity contribution in [1.82, 2.24) is 0 Å². The van der Waals surface area contributed by atoms with Gasteiger partial charge < -0.3 is 4.74 Å². The first-order valence-electron chi connectivity index (χ1n) is 4.05. The molecule has 0 atom stereocenters. The molecule has 0 N–H and O–H groups in total. The van der Waals surface area contributed by atoms with Gasteiger partial charge in [0.25, 0.3) is 0 Å². The van der Waals surface area contributed by atoms with Gasteiger partial charge in [0, 0.05) is 0 Å². The van der Waals surface area contributed by atoms with Crippen LogP contribution in [0.1, 0.15) is 11.1 Å². The fourth-order valence-electron chi connectivity index (χ4n) is 0.959. The maximum Gasteiger partial charge on any atom is 0.120 e. The Kier molecular flexibility index (Phi) is 2.92. The van der Waals surface area contributed by atoms with Gasteiger partial charge in [0.05, 0.1) is 0 Å². The molecular formula is C11H14O. The molecule has 64 valence electrons. The van der Waals surface area contributed by atoms with Crippen molar-refractivity contribution >= 4 is 0 Å². The third kappa shape index (κ3) is 2.12. The van der Waals surface area contributed by atoms with Crippen LogP contribution in [0.5, 0.6) is 5.75 Å². The van der Waals surface area contributed by atoms with Crippen molar-refractivity contribution < 1.29 is 4.74 Å². The summed E-state index contributed by atoms with van der Waals surface area (Å²) in [4.78, 5) is 0. The van der Waals surface area contributed by atoms with Gasteiger partial charge in [-0.05, 0) is 37.1 Å². The van der Waals surface area contributed by atoms with Crippen LogP contribution in [0.25, 0.3) is 0 Å². The van der Waals surface area contributed by atoms with Crippen molar-refractivity contribution in [2.45, 2.75) is 13.8 Å². The highest BCUT2D eigenvalue weighted by Gasteiger charge is 1.94. The molecule has 0 aliphatic rings. The Morgan fingerprint density at radius 1 is 1.33 bits per heavy atom. The summed E-state index contributed by atoms with van der Waals surface area (Å²) >= 11 is 0. The molecule has 1 aromatic rings. The second-order valence-corrected chi connectivity index (χ2v) is 2.85. The van der Waals surface area contributed by atoms with Gasteiger partial charge >= 0.3 is 0 Å². The molecule has 0 amide bonds. The van der Waals surface area contributed by atoms with E-state index >= 15 is 0 Å². The van der Waals surface area contributed by atoms with Crippen molar-refractivity contribution in [1.29, 1.82) is 0 Å². The van der Waals surface area contributed by atoms with E-state index in [0.717, 1.165) is 5.75 Å². The van der Waals surface area contributed by atoms with Gasteiger partial charge in [-0.25, -0.2) is 0 Å². The smallest absolute Gasteiger partial charge is 0.120 e. The van der Waals surface area contributed by atoms with Crippen LogP contribution in [0.4, 0.5) is 0 Å². The predicted molar refractivity (Wildman–Crippen MR) is 51.6 cm³/mol. The highest BCUT2D eigenvalue weighted by molar-refractivity contribution is 5.33. The Hall–Kier alpha value is -1.24. The summed E-state index contributed by atoms with van der Waals surface area (Å²) in [6.45, 7) is 8.33. The topological polar surface area (TPSA) is 9.23 Å². The van der Waals surface area contributed by atoms with E-state index in [2.05, 4.69) is 26.5 Å². The van der Waals surface area contributed by atoms with Gasteiger partial charge in [-0.2, -0.15) is 0 Å². The first-order valence-corrected chi connectivity index (χ1v) is 4.05. The van der Waals surface area contributed by atoms with Crippen LogP contribution in [0.3, 0.4) is 0 Å². The van der Waals surface area contributed by atoms with Crippen LogP contribution in [0.15, 0.2) is 30.9 Å². The molecule has 0 heterocycles. The summed E-state index contributed by atoms with van der Waals surface area (Å²) in [7, 11) is 0. The lowest BCUT2D eigenvalue weighted by molar-refractivity contribution is 0.363. The van der Waals surface area contributed by atoms with E-state index in [0.29, 0.717) is 6.61 Å². The lowest BCUT2D eigenvalue weighted by atomic mass is 10.1. The van der Waals surface area contributed by atoms with Crippen molar-refractivity contribution in [3.8, 4) is 5.75 Å². The monoisotopic (exact) mass is 162 g/mol. The number of rotatable bonds is 3. The number of ether oxygens (including phenoxy) is 1. The summed E-state index contributed by atoms with van der Waals surface area (Å²) in [6, 6.07) is 6.08. The maximum absolute atomic E-state index is 5.37. The van der Waals surface area contributed by atoms with Crippen LogP contribution in [-0.2, 0) is 0 Å². The van der Waals surface area contributed by atoms with Crippen molar-refractivity contribution in [3.63, 3.8) is 0 Å². The van der Waals surface area contributed by atoms with Crippen LogP contribution >= 0.6 is 0 Å². The average molecular weight is 162 g/mol. The summed E-state index contributed by atoms with van der Waals surface area (Å²) in [5.74, 6) is 0.915. The molecule has 0 saturated carbocycles. The second-order valence-electron chi connectivity index (χ2n) is 2.85. The average Bonchev–Trinajstić information content (AvgIpc) is 2.07. The van der Waals surface area contributed by atoms with E-state index in [1.165, 1.54) is 11.1 Å². The minimum atomic E-state index is 0.572. The third-order valence-corrected chi connectivity index (χ3v) is 1.85. The van der Waals surface area contributed by atoms with Gasteiger partial charge in [0.1, 0.15) is 12.4 Å². The molecule has 12 heavy (non-hydrogen) atoms. The summed E-state index contributed by atoms with van der Waals surface area (Å²) < 4.78 is 5.37. The molecule has 1 nitrogen and oxygen atoms in total. The minimum absolute atomic E-state index is 0.572. The third-order valence-electron chi connectivity index (χ3n) is 1.85. The molecule has 1 aromatic carbocycles. The molecular weight excluding hydrogens is 148 g/mol. The van der Waals surface area contributed by atoms with E-state index in [1.54, 1.807) is 6.08 Å².